The quantitative estimate of drug-likeness (QED) is 0.382. The maximum absolute atomic E-state index is 10.9. The van der Waals surface area contributed by atoms with Crippen LogP contribution >= 0.6 is 0 Å². The summed E-state index contributed by atoms with van der Waals surface area (Å²) in [7, 11) is 0. The molecule has 0 aromatic rings. The summed E-state index contributed by atoms with van der Waals surface area (Å²) < 4.78 is 0. The minimum absolute atomic E-state index is 0.0579. The molecule has 0 amide bonds. The predicted molar refractivity (Wildman–Crippen MR) is 48.0 cm³/mol. The number of aliphatic hydroxyl groups excluding tert-OH is 1. The van der Waals surface area contributed by atoms with Crippen LogP contribution in [0.4, 0.5) is 0 Å². The fraction of sp³-hybridized carbons (Fsp3) is 0.333. The molecule has 0 atom stereocenters. The summed E-state index contributed by atoms with van der Waals surface area (Å²) in [5.41, 5.74) is 0.553. The Morgan fingerprint density at radius 1 is 1.42 bits per heavy atom. The molecule has 0 fully saturated rings. The van der Waals surface area contributed by atoms with Crippen LogP contribution in [0, 0.1) is 12.5 Å². The molecule has 0 aliphatic carbocycles. The highest BCUT2D eigenvalue weighted by atomic mass is 16.3. The lowest BCUT2D eigenvalue weighted by atomic mass is 10.1. The molecule has 0 spiro atoms. The summed E-state index contributed by atoms with van der Waals surface area (Å²) >= 11 is 0. The van der Waals surface area contributed by atoms with E-state index in [1.807, 2.05) is 6.04 Å². The van der Waals surface area contributed by atoms with Gasteiger partial charge < -0.3 is 5.11 Å². The number of terminal acetylenes is 1. The third kappa shape index (κ3) is 2.59. The highest BCUT2D eigenvalue weighted by Gasteiger charge is 2.11. The molecular formula is C9H11NO2. The molecule has 12 heavy (non-hydrogen) atoms. The largest absolute Gasteiger partial charge is 0.506 e. The molecule has 0 unspecified atom stereocenters. The van der Waals surface area contributed by atoms with Gasteiger partial charge in [0, 0.05) is 13.0 Å². The molecule has 64 valence electrons. The number of rotatable bonds is 2. The Morgan fingerprint density at radius 2 is 1.92 bits per heavy atom. The molecule has 0 radical (unpaired) electrons. The number of carbonyl (C=O) groups excluding carboxylic acids is 1. The van der Waals surface area contributed by atoms with Crippen molar-refractivity contribution >= 4 is 11.5 Å². The molecule has 3 nitrogen and oxygen atoms in total. The van der Waals surface area contributed by atoms with Crippen LogP contribution in [0.2, 0.25) is 0 Å². The lowest BCUT2D eigenvalue weighted by molar-refractivity contribution is -0.111. The highest BCUT2D eigenvalue weighted by molar-refractivity contribution is 6.45. The van der Waals surface area contributed by atoms with Gasteiger partial charge in [0.15, 0.2) is 11.5 Å². The highest BCUT2D eigenvalue weighted by Crippen LogP contribution is 2.02. The fourth-order valence-corrected chi connectivity index (χ4v) is 0.600. The fourth-order valence-electron chi connectivity index (χ4n) is 0.600. The van der Waals surface area contributed by atoms with Crippen molar-refractivity contribution in [2.45, 2.75) is 20.8 Å². The smallest absolute Gasteiger partial charge is 0.182 e. The molecule has 0 saturated carbocycles. The van der Waals surface area contributed by atoms with Crippen LogP contribution in [0.15, 0.2) is 16.3 Å². The molecule has 0 aliphatic heterocycles. The van der Waals surface area contributed by atoms with E-state index < -0.39 is 0 Å². The minimum atomic E-state index is -0.341. The zero-order chi connectivity index (χ0) is 9.72. The van der Waals surface area contributed by atoms with Gasteiger partial charge in [0.05, 0.1) is 0 Å². The van der Waals surface area contributed by atoms with Gasteiger partial charge in [-0.05, 0) is 19.4 Å². The number of nitrogens with zero attached hydrogens (tertiary/aromatic N) is 1. The molecule has 1 N–H and O–H groups in total. The Bertz CT molecular complexity index is 288. The van der Waals surface area contributed by atoms with Crippen LogP contribution in [0.5, 0.6) is 0 Å². The average molecular weight is 165 g/mol. The Morgan fingerprint density at radius 3 is 2.17 bits per heavy atom. The van der Waals surface area contributed by atoms with Crippen LogP contribution in [-0.4, -0.2) is 16.6 Å². The monoisotopic (exact) mass is 165 g/mol. The number of carbonyl (C=O) groups is 1. The van der Waals surface area contributed by atoms with E-state index in [0.29, 0.717) is 5.57 Å². The van der Waals surface area contributed by atoms with Gasteiger partial charge in [-0.1, -0.05) is 6.42 Å². The van der Waals surface area contributed by atoms with Crippen molar-refractivity contribution in [1.82, 2.24) is 0 Å². The van der Waals surface area contributed by atoms with Gasteiger partial charge in [-0.2, -0.15) is 4.99 Å². The maximum atomic E-state index is 10.9. The second-order valence-electron chi connectivity index (χ2n) is 2.49. The van der Waals surface area contributed by atoms with Crippen molar-refractivity contribution in [3.8, 4) is 12.5 Å². The van der Waals surface area contributed by atoms with E-state index in [1.165, 1.54) is 6.92 Å². The number of aliphatic imine (C=N–C) groups is 1. The minimum Gasteiger partial charge on any atom is -0.506 e. The van der Waals surface area contributed by atoms with Gasteiger partial charge >= 0.3 is 0 Å². The number of aliphatic hydroxyl groups is 1. The van der Waals surface area contributed by atoms with E-state index in [1.54, 1.807) is 13.8 Å². The molecule has 0 aliphatic rings. The summed E-state index contributed by atoms with van der Waals surface area (Å²) in [6, 6.07) is 1.96. The Kier molecular flexibility index (Phi) is 3.78. The molecule has 0 rings (SSSR count). The maximum Gasteiger partial charge on any atom is 0.182 e. The lowest BCUT2D eigenvalue weighted by Gasteiger charge is -2.00. The number of allylic oxidation sites excluding steroid dienone is 2. The Balaban J connectivity index is 5.08. The zero-order valence-electron chi connectivity index (χ0n) is 7.38. The SMILES string of the molecule is C#CN=C(C(C)=O)C(O)=C(C)C. The number of Topliss-reactive ketones (excluding diaryl/α,β-unsaturated/α-hetero) is 1. The van der Waals surface area contributed by atoms with E-state index in [9.17, 15) is 9.90 Å². The first-order chi connectivity index (χ1) is 5.50. The van der Waals surface area contributed by atoms with Crippen LogP contribution < -0.4 is 0 Å². The van der Waals surface area contributed by atoms with Crippen molar-refractivity contribution in [2.75, 3.05) is 0 Å². The molecular weight excluding hydrogens is 154 g/mol. The van der Waals surface area contributed by atoms with Crippen LogP contribution in [0.3, 0.4) is 0 Å². The van der Waals surface area contributed by atoms with E-state index in [0.717, 1.165) is 0 Å². The van der Waals surface area contributed by atoms with E-state index in [2.05, 4.69) is 4.99 Å². The first-order valence-electron chi connectivity index (χ1n) is 3.41. The molecule has 0 aromatic heterocycles. The molecule has 0 aromatic carbocycles. The zero-order valence-corrected chi connectivity index (χ0v) is 7.38. The van der Waals surface area contributed by atoms with Crippen LogP contribution in [-0.2, 0) is 4.79 Å². The summed E-state index contributed by atoms with van der Waals surface area (Å²) in [5.74, 6) is -0.480. The van der Waals surface area contributed by atoms with Gasteiger partial charge in [0.2, 0.25) is 0 Å². The second-order valence-corrected chi connectivity index (χ2v) is 2.49. The van der Waals surface area contributed by atoms with Crippen LogP contribution in [0.25, 0.3) is 0 Å². The summed E-state index contributed by atoms with van der Waals surface area (Å²) in [5, 5.41) is 9.32. The Hall–Kier alpha value is -1.56. The van der Waals surface area contributed by atoms with Gasteiger partial charge in [-0.15, -0.1) is 0 Å². The van der Waals surface area contributed by atoms with Crippen molar-refractivity contribution in [1.29, 1.82) is 0 Å². The van der Waals surface area contributed by atoms with Crippen molar-refractivity contribution in [3.05, 3.63) is 11.3 Å². The molecule has 0 saturated heterocycles. The topological polar surface area (TPSA) is 49.7 Å². The van der Waals surface area contributed by atoms with Crippen molar-refractivity contribution < 1.29 is 9.90 Å². The van der Waals surface area contributed by atoms with Gasteiger partial charge in [-0.3, -0.25) is 4.79 Å². The van der Waals surface area contributed by atoms with E-state index >= 15 is 0 Å². The number of hydrogen-bond donors (Lipinski definition) is 1. The van der Waals surface area contributed by atoms with E-state index in [4.69, 9.17) is 6.42 Å². The third-order valence-electron chi connectivity index (χ3n) is 1.21. The lowest BCUT2D eigenvalue weighted by Crippen LogP contribution is -2.13. The number of hydrogen-bond acceptors (Lipinski definition) is 3. The average Bonchev–Trinajstić information content (AvgIpc) is 1.98. The normalized spacial score (nSPS) is 10.3. The first kappa shape index (κ1) is 10.4. The van der Waals surface area contributed by atoms with Gasteiger partial charge in [0.1, 0.15) is 5.76 Å². The van der Waals surface area contributed by atoms with Gasteiger partial charge in [-0.25, -0.2) is 0 Å². The summed E-state index contributed by atoms with van der Waals surface area (Å²) in [4.78, 5) is 14.3. The van der Waals surface area contributed by atoms with E-state index in [-0.39, 0.29) is 17.3 Å². The molecule has 0 heterocycles. The van der Waals surface area contributed by atoms with Crippen LogP contribution in [0.1, 0.15) is 20.8 Å². The number of ketones is 1. The summed E-state index contributed by atoms with van der Waals surface area (Å²) in [6.45, 7) is 4.64. The predicted octanol–water partition coefficient (Wildman–Crippen LogP) is 1.46. The third-order valence-corrected chi connectivity index (χ3v) is 1.21. The van der Waals surface area contributed by atoms with Crippen molar-refractivity contribution in [3.63, 3.8) is 0 Å². The summed E-state index contributed by atoms with van der Waals surface area (Å²) in [6.07, 6.45) is 4.88. The van der Waals surface area contributed by atoms with Gasteiger partial charge in [0.25, 0.3) is 0 Å². The first-order valence-corrected chi connectivity index (χ1v) is 3.41. The standard InChI is InChI=1S/C9H11NO2/c1-5-10-8(7(4)11)9(12)6(2)3/h1,12H,2-4H3. The molecule has 3 heteroatoms. The molecule has 0 bridgehead atoms. The van der Waals surface area contributed by atoms with Crippen molar-refractivity contribution in [2.24, 2.45) is 4.99 Å². The Labute approximate surface area is 71.8 Å². The second kappa shape index (κ2) is 4.35.